The van der Waals surface area contributed by atoms with E-state index in [0.29, 0.717) is 16.8 Å². The Morgan fingerprint density at radius 3 is 2.88 bits per heavy atom. The van der Waals surface area contributed by atoms with Crippen molar-refractivity contribution in [3.63, 3.8) is 0 Å². The van der Waals surface area contributed by atoms with Crippen LogP contribution in [0.3, 0.4) is 0 Å². The van der Waals surface area contributed by atoms with Crippen LogP contribution >= 0.6 is 0 Å². The minimum Gasteiger partial charge on any atom is -0.396 e. The average Bonchev–Trinajstić information content (AvgIpc) is 3.02. The average molecular weight is 243 g/mol. The third-order valence-corrected chi connectivity index (χ3v) is 3.89. The fraction of sp³-hybridized carbons (Fsp3) is 0.800. The summed E-state index contributed by atoms with van der Waals surface area (Å²) in [6.07, 6.45) is 4.86. The lowest BCUT2D eigenvalue weighted by Crippen LogP contribution is -2.01. The van der Waals surface area contributed by atoms with E-state index in [1.165, 1.54) is 0 Å². The Bertz CT molecular complexity index is 363. The second kappa shape index (κ2) is 5.54. The van der Waals surface area contributed by atoms with Crippen molar-refractivity contribution in [1.82, 2.24) is 15.2 Å². The number of hydrogen-bond acceptors (Lipinski definition) is 4. The largest absolute Gasteiger partial charge is 0.396 e. The highest BCUT2D eigenvalue weighted by Gasteiger charge is 2.27. The van der Waals surface area contributed by atoms with Gasteiger partial charge in [0.05, 0.1) is 10.8 Å². The van der Waals surface area contributed by atoms with Crippen LogP contribution in [-0.2, 0) is 10.8 Å². The van der Waals surface area contributed by atoms with Gasteiger partial charge in [-0.1, -0.05) is 6.42 Å². The third kappa shape index (κ3) is 3.12. The molecule has 1 aromatic rings. The van der Waals surface area contributed by atoms with Crippen molar-refractivity contribution in [3.05, 3.63) is 5.82 Å². The molecule has 0 aliphatic heterocycles. The van der Waals surface area contributed by atoms with E-state index in [9.17, 15) is 4.21 Å². The van der Waals surface area contributed by atoms with E-state index in [1.54, 1.807) is 0 Å². The van der Waals surface area contributed by atoms with Gasteiger partial charge in [0.15, 0.2) is 0 Å². The van der Waals surface area contributed by atoms with Crippen molar-refractivity contribution in [1.29, 1.82) is 0 Å². The monoisotopic (exact) mass is 243 g/mol. The summed E-state index contributed by atoms with van der Waals surface area (Å²) in [5.74, 6) is 1.99. The molecule has 2 rings (SSSR count). The SMILES string of the molecule is O=S(CCCCCO)c1n[nH]c(C2CC2)n1. The molecule has 1 saturated carbocycles. The number of aromatic nitrogens is 3. The first-order valence-electron chi connectivity index (χ1n) is 5.73. The molecule has 1 aromatic heterocycles. The molecule has 5 nitrogen and oxygen atoms in total. The van der Waals surface area contributed by atoms with Crippen LogP contribution in [0.15, 0.2) is 5.16 Å². The topological polar surface area (TPSA) is 78.9 Å². The number of aromatic amines is 1. The van der Waals surface area contributed by atoms with Crippen LogP contribution < -0.4 is 0 Å². The van der Waals surface area contributed by atoms with Gasteiger partial charge in [-0.15, -0.1) is 5.10 Å². The van der Waals surface area contributed by atoms with E-state index in [-0.39, 0.29) is 6.61 Å². The molecule has 0 bridgehead atoms. The first-order valence-corrected chi connectivity index (χ1v) is 7.04. The van der Waals surface area contributed by atoms with Crippen LogP contribution in [0.25, 0.3) is 0 Å². The Hall–Kier alpha value is -0.750. The van der Waals surface area contributed by atoms with Gasteiger partial charge >= 0.3 is 0 Å². The van der Waals surface area contributed by atoms with Crippen LogP contribution in [0.4, 0.5) is 0 Å². The molecule has 6 heteroatoms. The van der Waals surface area contributed by atoms with Gasteiger partial charge in [0, 0.05) is 18.3 Å². The fourth-order valence-corrected chi connectivity index (χ4v) is 2.51. The Morgan fingerprint density at radius 1 is 1.38 bits per heavy atom. The smallest absolute Gasteiger partial charge is 0.238 e. The van der Waals surface area contributed by atoms with Crippen LogP contribution in [-0.4, -0.2) is 36.9 Å². The summed E-state index contributed by atoms with van der Waals surface area (Å²) in [6, 6.07) is 0. The predicted molar refractivity (Wildman–Crippen MR) is 60.6 cm³/mol. The number of H-pyrrole nitrogens is 1. The summed E-state index contributed by atoms with van der Waals surface area (Å²) in [6.45, 7) is 0.207. The summed E-state index contributed by atoms with van der Waals surface area (Å²) in [5.41, 5.74) is 0. The van der Waals surface area contributed by atoms with Gasteiger partial charge in [-0.2, -0.15) is 0 Å². The lowest BCUT2D eigenvalue weighted by molar-refractivity contribution is 0.284. The zero-order valence-corrected chi connectivity index (χ0v) is 10.0. The van der Waals surface area contributed by atoms with Crippen LogP contribution in [0.1, 0.15) is 43.8 Å². The van der Waals surface area contributed by atoms with Crippen molar-refractivity contribution >= 4 is 10.8 Å². The lowest BCUT2D eigenvalue weighted by atomic mass is 10.3. The van der Waals surface area contributed by atoms with Gasteiger partial charge < -0.3 is 5.11 Å². The molecule has 0 aromatic carbocycles. The molecule has 1 fully saturated rings. The maximum atomic E-state index is 11.8. The summed E-state index contributed by atoms with van der Waals surface area (Å²) in [5, 5.41) is 15.9. The highest BCUT2D eigenvalue weighted by atomic mass is 32.2. The van der Waals surface area contributed by atoms with Crippen LogP contribution in [0, 0.1) is 0 Å². The van der Waals surface area contributed by atoms with E-state index >= 15 is 0 Å². The molecule has 0 saturated heterocycles. The molecule has 0 amide bonds. The molecular weight excluding hydrogens is 226 g/mol. The van der Waals surface area contributed by atoms with E-state index in [0.717, 1.165) is 37.9 Å². The zero-order valence-electron chi connectivity index (χ0n) is 9.19. The molecule has 0 radical (unpaired) electrons. The van der Waals surface area contributed by atoms with E-state index in [1.807, 2.05) is 0 Å². The van der Waals surface area contributed by atoms with Gasteiger partial charge in [-0.05, 0) is 25.7 Å². The minimum atomic E-state index is -1.09. The van der Waals surface area contributed by atoms with Gasteiger partial charge in [-0.3, -0.25) is 9.31 Å². The Morgan fingerprint density at radius 2 is 2.19 bits per heavy atom. The quantitative estimate of drug-likeness (QED) is 0.699. The number of nitrogens with one attached hydrogen (secondary N) is 1. The normalized spacial score (nSPS) is 17.6. The first kappa shape index (κ1) is 11.7. The maximum absolute atomic E-state index is 11.8. The van der Waals surface area contributed by atoms with E-state index in [2.05, 4.69) is 15.2 Å². The summed E-state index contributed by atoms with van der Waals surface area (Å²) in [4.78, 5) is 4.25. The van der Waals surface area contributed by atoms with E-state index in [4.69, 9.17) is 5.11 Å². The summed E-state index contributed by atoms with van der Waals surface area (Å²) >= 11 is 0. The van der Waals surface area contributed by atoms with E-state index < -0.39 is 10.8 Å². The Labute approximate surface area is 97.1 Å². The van der Waals surface area contributed by atoms with Gasteiger partial charge in [0.1, 0.15) is 5.82 Å². The molecule has 1 aliphatic rings. The van der Waals surface area contributed by atoms with Crippen molar-refractivity contribution < 1.29 is 9.32 Å². The van der Waals surface area contributed by atoms with Crippen LogP contribution in [0.5, 0.6) is 0 Å². The van der Waals surface area contributed by atoms with Crippen LogP contribution in [0.2, 0.25) is 0 Å². The molecule has 90 valence electrons. The predicted octanol–water partition coefficient (Wildman–Crippen LogP) is 0.952. The molecule has 1 heterocycles. The standard InChI is InChI=1S/C10H17N3O2S/c14-6-2-1-3-7-16(15)10-11-9(12-13-10)8-4-5-8/h8,14H,1-7H2,(H,11,12,13). The van der Waals surface area contributed by atoms with Crippen molar-refractivity contribution in [3.8, 4) is 0 Å². The van der Waals surface area contributed by atoms with Crippen molar-refractivity contribution in [2.45, 2.75) is 43.2 Å². The summed E-state index contributed by atoms with van der Waals surface area (Å²) < 4.78 is 11.8. The minimum absolute atomic E-state index is 0.207. The number of unbranched alkanes of at least 4 members (excludes halogenated alkanes) is 2. The Balaban J connectivity index is 1.78. The molecule has 0 spiro atoms. The van der Waals surface area contributed by atoms with Crippen molar-refractivity contribution in [2.75, 3.05) is 12.4 Å². The number of hydrogen-bond donors (Lipinski definition) is 2. The fourth-order valence-electron chi connectivity index (χ4n) is 1.51. The first-order chi connectivity index (χ1) is 7.81. The van der Waals surface area contributed by atoms with Gasteiger partial charge in [-0.25, -0.2) is 4.98 Å². The molecule has 1 atom stereocenters. The third-order valence-electron chi connectivity index (χ3n) is 2.64. The molecule has 16 heavy (non-hydrogen) atoms. The zero-order chi connectivity index (χ0) is 11.4. The second-order valence-electron chi connectivity index (χ2n) is 4.11. The highest BCUT2D eigenvalue weighted by Crippen LogP contribution is 2.37. The Kier molecular flexibility index (Phi) is 4.06. The lowest BCUT2D eigenvalue weighted by Gasteiger charge is -1.96. The van der Waals surface area contributed by atoms with Crippen molar-refractivity contribution in [2.24, 2.45) is 0 Å². The number of aliphatic hydroxyl groups excluding tert-OH is 1. The summed E-state index contributed by atoms with van der Waals surface area (Å²) in [7, 11) is -1.09. The highest BCUT2D eigenvalue weighted by molar-refractivity contribution is 7.84. The molecule has 1 aliphatic carbocycles. The second-order valence-corrected chi connectivity index (χ2v) is 5.58. The van der Waals surface area contributed by atoms with Gasteiger partial charge in [0.2, 0.25) is 5.16 Å². The number of nitrogens with zero attached hydrogens (tertiary/aromatic N) is 2. The molecular formula is C10H17N3O2S. The molecule has 2 N–H and O–H groups in total. The molecule has 1 unspecified atom stereocenters. The maximum Gasteiger partial charge on any atom is 0.238 e. The number of rotatable bonds is 7. The van der Waals surface area contributed by atoms with Gasteiger partial charge in [0.25, 0.3) is 0 Å². The number of aliphatic hydroxyl groups is 1.